The third-order valence-electron chi connectivity index (χ3n) is 5.98. The Morgan fingerprint density at radius 1 is 0.812 bits per heavy atom. The van der Waals surface area contributed by atoms with Gasteiger partial charge in [-0.05, 0) is 65.5 Å². The first-order chi connectivity index (χ1) is 15.6. The van der Waals surface area contributed by atoms with E-state index in [9.17, 15) is 0 Å². The van der Waals surface area contributed by atoms with Crippen LogP contribution in [0.4, 0.5) is 5.69 Å². The van der Waals surface area contributed by atoms with Crippen molar-refractivity contribution in [2.75, 3.05) is 24.5 Å². The topological polar surface area (TPSA) is 6.48 Å². The van der Waals surface area contributed by atoms with Gasteiger partial charge in [0.2, 0.25) is 0 Å². The molecule has 1 aliphatic rings. The fraction of sp³-hybridized carbons (Fsp3) is 0.185. The molecule has 1 unspecified atom stereocenters. The van der Waals surface area contributed by atoms with Gasteiger partial charge in [0.05, 0.1) is 16.8 Å². The summed E-state index contributed by atoms with van der Waals surface area (Å²) in [6.07, 6.45) is 0. The second-order valence-electron chi connectivity index (χ2n) is 8.20. The van der Waals surface area contributed by atoms with Crippen LogP contribution < -0.4 is 4.90 Å². The van der Waals surface area contributed by atoms with Gasteiger partial charge in [-0.15, -0.1) is 0 Å². The van der Waals surface area contributed by atoms with Gasteiger partial charge in [0.25, 0.3) is 0 Å². The number of hydrogen-bond donors (Lipinski definition) is 0. The molecule has 0 aliphatic carbocycles. The number of rotatable bonds is 4. The van der Waals surface area contributed by atoms with E-state index in [1.165, 1.54) is 26.8 Å². The smallest absolute Gasteiger partial charge is 0.0680 e. The summed E-state index contributed by atoms with van der Waals surface area (Å²) in [5.41, 5.74) is 3.60. The maximum atomic E-state index is 6.62. The van der Waals surface area contributed by atoms with E-state index < -0.39 is 0 Å². The van der Waals surface area contributed by atoms with E-state index in [4.69, 9.17) is 23.2 Å². The van der Waals surface area contributed by atoms with Gasteiger partial charge >= 0.3 is 0 Å². The third-order valence-corrected chi connectivity index (χ3v) is 7.57. The van der Waals surface area contributed by atoms with Crippen LogP contribution in [-0.4, -0.2) is 23.9 Å². The minimum atomic E-state index is 0.205. The molecular formula is C27H24Cl2N2S. The normalized spacial score (nSPS) is 17.1. The zero-order valence-corrected chi connectivity index (χ0v) is 20.2. The van der Waals surface area contributed by atoms with Gasteiger partial charge in [-0.2, -0.15) is 0 Å². The molecule has 0 spiro atoms. The molecule has 0 bridgehead atoms. The quantitative estimate of drug-likeness (QED) is 0.274. The first kappa shape index (κ1) is 21.7. The molecule has 4 aromatic rings. The number of benzene rings is 4. The van der Waals surface area contributed by atoms with Gasteiger partial charge in [-0.1, -0.05) is 83.4 Å². The van der Waals surface area contributed by atoms with E-state index in [0.29, 0.717) is 10.0 Å². The largest absolute Gasteiger partial charge is 0.361 e. The lowest BCUT2D eigenvalue weighted by Gasteiger charge is -2.43. The van der Waals surface area contributed by atoms with Crippen LogP contribution in [0.15, 0.2) is 89.8 Å². The van der Waals surface area contributed by atoms with Crippen LogP contribution in [0.3, 0.4) is 0 Å². The second kappa shape index (κ2) is 9.36. The molecule has 0 saturated carbocycles. The SMILES string of the molecule is Cc1ccc(C2CN(Sc3ccc4ccccc4c3)CCN2c2ccc(Cl)cc2Cl)cc1. The predicted molar refractivity (Wildman–Crippen MR) is 139 cm³/mol. The number of anilines is 1. The van der Waals surface area contributed by atoms with Crippen molar-refractivity contribution >= 4 is 51.6 Å². The van der Waals surface area contributed by atoms with Crippen LogP contribution in [0.25, 0.3) is 10.8 Å². The molecule has 32 heavy (non-hydrogen) atoms. The fourth-order valence-corrected chi connectivity index (χ4v) is 5.80. The lowest BCUT2D eigenvalue weighted by Crippen LogP contribution is -2.46. The van der Waals surface area contributed by atoms with Crippen molar-refractivity contribution in [2.45, 2.75) is 17.9 Å². The molecule has 0 radical (unpaired) electrons. The van der Waals surface area contributed by atoms with Crippen molar-refractivity contribution < 1.29 is 0 Å². The lowest BCUT2D eigenvalue weighted by atomic mass is 10.0. The van der Waals surface area contributed by atoms with E-state index in [-0.39, 0.29) is 6.04 Å². The van der Waals surface area contributed by atoms with Gasteiger partial charge in [-0.25, -0.2) is 4.31 Å². The van der Waals surface area contributed by atoms with Crippen LogP contribution in [0.1, 0.15) is 17.2 Å². The summed E-state index contributed by atoms with van der Waals surface area (Å²) >= 11 is 14.6. The van der Waals surface area contributed by atoms with Crippen LogP contribution >= 0.6 is 35.1 Å². The Bertz CT molecular complexity index is 1240. The maximum Gasteiger partial charge on any atom is 0.0680 e. The molecule has 1 saturated heterocycles. The van der Waals surface area contributed by atoms with Gasteiger partial charge in [0.15, 0.2) is 0 Å². The number of aryl methyl sites for hydroxylation is 1. The van der Waals surface area contributed by atoms with Gasteiger partial charge in [0, 0.05) is 29.6 Å². The molecule has 0 aromatic heterocycles. The Hall–Kier alpha value is -2.17. The van der Waals surface area contributed by atoms with E-state index in [1.54, 1.807) is 0 Å². The Kier molecular flexibility index (Phi) is 6.34. The van der Waals surface area contributed by atoms with E-state index >= 15 is 0 Å². The van der Waals surface area contributed by atoms with Crippen LogP contribution in [0.5, 0.6) is 0 Å². The van der Waals surface area contributed by atoms with Crippen LogP contribution in [0, 0.1) is 6.92 Å². The van der Waals surface area contributed by atoms with E-state index in [1.807, 2.05) is 30.1 Å². The van der Waals surface area contributed by atoms with E-state index in [0.717, 1.165) is 25.3 Å². The van der Waals surface area contributed by atoms with Crippen molar-refractivity contribution in [2.24, 2.45) is 0 Å². The van der Waals surface area contributed by atoms with Gasteiger partial charge < -0.3 is 4.90 Å². The molecule has 0 N–H and O–H groups in total. The predicted octanol–water partition coefficient (Wildman–Crippen LogP) is 8.03. The Morgan fingerprint density at radius 3 is 2.38 bits per heavy atom. The number of halogens is 2. The molecule has 162 valence electrons. The Labute approximate surface area is 203 Å². The van der Waals surface area contributed by atoms with Crippen molar-refractivity contribution in [3.05, 3.63) is 106 Å². The molecule has 0 amide bonds. The van der Waals surface area contributed by atoms with Crippen LogP contribution in [0.2, 0.25) is 10.0 Å². The summed E-state index contributed by atoms with van der Waals surface area (Å²) < 4.78 is 2.47. The molecule has 1 aliphatic heterocycles. The number of fused-ring (bicyclic) bond motifs is 1. The lowest BCUT2D eigenvalue weighted by molar-refractivity contribution is 0.366. The zero-order chi connectivity index (χ0) is 22.1. The van der Waals surface area contributed by atoms with Gasteiger partial charge in [-0.3, -0.25) is 0 Å². The minimum Gasteiger partial charge on any atom is -0.361 e. The van der Waals surface area contributed by atoms with Crippen molar-refractivity contribution in [1.82, 2.24) is 4.31 Å². The molecule has 1 atom stereocenters. The minimum absolute atomic E-state index is 0.205. The van der Waals surface area contributed by atoms with Crippen molar-refractivity contribution in [3.8, 4) is 0 Å². The Balaban J connectivity index is 1.43. The van der Waals surface area contributed by atoms with Crippen molar-refractivity contribution in [3.63, 3.8) is 0 Å². The molecule has 5 rings (SSSR count). The van der Waals surface area contributed by atoms with Crippen molar-refractivity contribution in [1.29, 1.82) is 0 Å². The average molecular weight is 479 g/mol. The molecule has 1 fully saturated rings. The highest BCUT2D eigenvalue weighted by atomic mass is 35.5. The highest BCUT2D eigenvalue weighted by molar-refractivity contribution is 7.97. The molecule has 4 aromatic carbocycles. The van der Waals surface area contributed by atoms with E-state index in [2.05, 4.69) is 82.9 Å². The summed E-state index contributed by atoms with van der Waals surface area (Å²) in [4.78, 5) is 3.69. The third kappa shape index (κ3) is 4.62. The summed E-state index contributed by atoms with van der Waals surface area (Å²) in [6, 6.07) is 30.1. The summed E-state index contributed by atoms with van der Waals surface area (Å²) in [5.74, 6) is 0. The summed E-state index contributed by atoms with van der Waals surface area (Å²) in [7, 11) is 0. The summed E-state index contributed by atoms with van der Waals surface area (Å²) in [6.45, 7) is 4.86. The van der Waals surface area contributed by atoms with Gasteiger partial charge in [0.1, 0.15) is 0 Å². The Morgan fingerprint density at radius 2 is 1.59 bits per heavy atom. The summed E-state index contributed by atoms with van der Waals surface area (Å²) in [5, 5.41) is 3.91. The average Bonchev–Trinajstić information content (AvgIpc) is 2.80. The number of nitrogens with zero attached hydrogens (tertiary/aromatic N) is 2. The highest BCUT2D eigenvalue weighted by Crippen LogP contribution is 2.39. The monoisotopic (exact) mass is 478 g/mol. The zero-order valence-electron chi connectivity index (χ0n) is 17.8. The second-order valence-corrected chi connectivity index (χ2v) is 10.2. The number of piperazine rings is 1. The van der Waals surface area contributed by atoms with Crippen LogP contribution in [-0.2, 0) is 0 Å². The molecule has 2 nitrogen and oxygen atoms in total. The maximum absolute atomic E-state index is 6.62. The molecule has 5 heteroatoms. The number of hydrogen-bond acceptors (Lipinski definition) is 3. The highest BCUT2D eigenvalue weighted by Gasteiger charge is 2.30. The fourth-order valence-electron chi connectivity index (χ4n) is 4.29. The molecular weight excluding hydrogens is 455 g/mol. The first-order valence-corrected chi connectivity index (χ1v) is 12.3. The standard InChI is InChI=1S/C27H24Cl2N2S/c1-19-6-8-21(9-7-19)27-18-30(14-15-31(27)26-13-11-23(28)17-25(26)29)32-24-12-10-20-4-2-3-5-22(20)16-24/h2-13,16-17,27H,14-15,18H2,1H3. The first-order valence-electron chi connectivity index (χ1n) is 10.8. The molecule has 1 heterocycles.